The Morgan fingerprint density at radius 3 is 2.90 bits per heavy atom. The summed E-state index contributed by atoms with van der Waals surface area (Å²) in [6, 6.07) is 7.64. The fraction of sp³-hybridized carbons (Fsp3) is 0.176. The Hall–Kier alpha value is -2.62. The monoisotopic (exact) mass is 280 g/mol. The van der Waals surface area contributed by atoms with Crippen molar-refractivity contribution in [3.63, 3.8) is 0 Å². The van der Waals surface area contributed by atoms with Crippen LogP contribution in [-0.4, -0.2) is 10.5 Å². The van der Waals surface area contributed by atoms with Crippen LogP contribution >= 0.6 is 0 Å². The van der Waals surface area contributed by atoms with E-state index in [2.05, 4.69) is 5.32 Å². The normalized spacial score (nSPS) is 12.3. The number of carbonyl (C=O) groups excluding carboxylic acids is 1. The Morgan fingerprint density at radius 2 is 2.14 bits per heavy atom. The minimum absolute atomic E-state index is 0.0397. The van der Waals surface area contributed by atoms with E-state index in [1.54, 1.807) is 13.2 Å². The zero-order valence-electron chi connectivity index (χ0n) is 12.0. The molecule has 1 amide bonds. The van der Waals surface area contributed by atoms with Crippen molar-refractivity contribution >= 4 is 17.7 Å². The van der Waals surface area contributed by atoms with Crippen LogP contribution in [0.4, 0.5) is 5.69 Å². The molecule has 1 aromatic heterocycles. The van der Waals surface area contributed by atoms with Gasteiger partial charge in [0.15, 0.2) is 0 Å². The van der Waals surface area contributed by atoms with Crippen LogP contribution in [0.1, 0.15) is 27.0 Å². The molecule has 1 aliphatic rings. The van der Waals surface area contributed by atoms with E-state index in [0.717, 1.165) is 16.8 Å². The molecule has 4 heteroatoms. The molecule has 0 atom stereocenters. The quantitative estimate of drug-likeness (QED) is 0.919. The second kappa shape index (κ2) is 5.05. The fourth-order valence-corrected chi connectivity index (χ4v) is 2.60. The lowest BCUT2D eigenvalue weighted by Crippen LogP contribution is -2.25. The summed E-state index contributed by atoms with van der Waals surface area (Å²) in [5.74, 6) is -0.195. The second-order valence-electron chi connectivity index (χ2n) is 5.28. The molecular formula is C17H16N2O2. The van der Waals surface area contributed by atoms with Gasteiger partial charge in [0.05, 0.1) is 5.56 Å². The number of aryl methyl sites for hydroxylation is 2. The summed E-state index contributed by atoms with van der Waals surface area (Å²) in [7, 11) is 1.67. The van der Waals surface area contributed by atoms with E-state index in [4.69, 9.17) is 0 Å². The average molecular weight is 280 g/mol. The molecule has 4 nitrogen and oxygen atoms in total. The Morgan fingerprint density at radius 1 is 1.33 bits per heavy atom. The van der Waals surface area contributed by atoms with Crippen molar-refractivity contribution < 1.29 is 4.79 Å². The first kappa shape index (κ1) is 13.4. The van der Waals surface area contributed by atoms with Gasteiger partial charge in [-0.3, -0.25) is 9.59 Å². The first-order valence-electron chi connectivity index (χ1n) is 6.83. The molecular weight excluding hydrogens is 264 g/mol. The van der Waals surface area contributed by atoms with Crippen molar-refractivity contribution in [2.75, 3.05) is 5.32 Å². The van der Waals surface area contributed by atoms with E-state index in [0.29, 0.717) is 17.5 Å². The molecule has 1 heterocycles. The number of pyridine rings is 1. The highest BCUT2D eigenvalue weighted by Crippen LogP contribution is 2.21. The van der Waals surface area contributed by atoms with Crippen LogP contribution < -0.4 is 10.9 Å². The number of hydrogen-bond acceptors (Lipinski definition) is 2. The zero-order chi connectivity index (χ0) is 15.0. The van der Waals surface area contributed by atoms with E-state index in [9.17, 15) is 9.59 Å². The van der Waals surface area contributed by atoms with Crippen LogP contribution in [0.15, 0.2) is 41.3 Å². The molecule has 106 valence electrons. The molecule has 3 rings (SSSR count). The van der Waals surface area contributed by atoms with Crippen molar-refractivity contribution in [3.05, 3.63) is 69.1 Å². The van der Waals surface area contributed by atoms with Crippen LogP contribution in [0.5, 0.6) is 0 Å². The summed E-state index contributed by atoms with van der Waals surface area (Å²) < 4.78 is 1.47. The molecule has 0 saturated heterocycles. The number of aromatic nitrogens is 1. The summed E-state index contributed by atoms with van der Waals surface area (Å²) in [5.41, 5.74) is 3.75. The Bertz CT molecular complexity index is 816. The lowest BCUT2D eigenvalue weighted by atomic mass is 10.1. The number of nitrogens with one attached hydrogen (secondary N) is 1. The number of benzene rings is 1. The predicted molar refractivity (Wildman–Crippen MR) is 83.6 cm³/mol. The van der Waals surface area contributed by atoms with E-state index in [1.807, 2.05) is 43.3 Å². The van der Waals surface area contributed by atoms with Gasteiger partial charge in [0.2, 0.25) is 0 Å². The zero-order valence-corrected chi connectivity index (χ0v) is 12.0. The average Bonchev–Trinajstić information content (AvgIpc) is 2.92. The number of allylic oxidation sites excluding steroid dienone is 1. The SMILES string of the molecule is Cc1cccc(NC(=O)c2cn(C)c(=O)c3c2C=CC3)c1. The van der Waals surface area contributed by atoms with Gasteiger partial charge in [-0.2, -0.15) is 0 Å². The lowest BCUT2D eigenvalue weighted by Gasteiger charge is -2.11. The van der Waals surface area contributed by atoms with Gasteiger partial charge in [0.1, 0.15) is 0 Å². The van der Waals surface area contributed by atoms with Crippen molar-refractivity contribution in [2.24, 2.45) is 7.05 Å². The molecule has 0 unspecified atom stereocenters. The maximum absolute atomic E-state index is 12.5. The van der Waals surface area contributed by atoms with Gasteiger partial charge in [0, 0.05) is 24.5 Å². The van der Waals surface area contributed by atoms with Crippen LogP contribution in [0.3, 0.4) is 0 Å². The maximum atomic E-state index is 12.5. The maximum Gasteiger partial charge on any atom is 0.257 e. The molecule has 1 aliphatic carbocycles. The van der Waals surface area contributed by atoms with E-state index in [-0.39, 0.29) is 11.5 Å². The van der Waals surface area contributed by atoms with Crippen LogP contribution in [0.2, 0.25) is 0 Å². The fourth-order valence-electron chi connectivity index (χ4n) is 2.60. The van der Waals surface area contributed by atoms with E-state index >= 15 is 0 Å². The number of carbonyl (C=O) groups is 1. The van der Waals surface area contributed by atoms with Gasteiger partial charge in [-0.1, -0.05) is 24.3 Å². The summed E-state index contributed by atoms with van der Waals surface area (Å²) in [4.78, 5) is 24.5. The number of hydrogen-bond donors (Lipinski definition) is 1. The highest BCUT2D eigenvalue weighted by molar-refractivity contribution is 6.07. The smallest absolute Gasteiger partial charge is 0.257 e. The molecule has 2 aromatic rings. The minimum Gasteiger partial charge on any atom is -0.322 e. The van der Waals surface area contributed by atoms with Crippen molar-refractivity contribution in [2.45, 2.75) is 13.3 Å². The molecule has 21 heavy (non-hydrogen) atoms. The standard InChI is InChI=1S/C17H16N2O2/c1-11-5-3-6-12(9-11)18-16(20)15-10-19(2)17(21)14-8-4-7-13(14)15/h3-7,9-10H,8H2,1-2H3,(H,18,20). The van der Waals surface area contributed by atoms with Gasteiger partial charge in [-0.25, -0.2) is 0 Å². The summed E-state index contributed by atoms with van der Waals surface area (Å²) in [5, 5.41) is 2.89. The predicted octanol–water partition coefficient (Wildman–Crippen LogP) is 2.52. The largest absolute Gasteiger partial charge is 0.322 e. The van der Waals surface area contributed by atoms with Crippen LogP contribution in [-0.2, 0) is 13.5 Å². The first-order valence-corrected chi connectivity index (χ1v) is 6.83. The highest BCUT2D eigenvalue weighted by Gasteiger charge is 2.20. The number of rotatable bonds is 2. The van der Waals surface area contributed by atoms with Gasteiger partial charge in [-0.15, -0.1) is 0 Å². The number of nitrogens with zero attached hydrogens (tertiary/aromatic N) is 1. The van der Waals surface area contributed by atoms with Gasteiger partial charge < -0.3 is 9.88 Å². The number of anilines is 1. The summed E-state index contributed by atoms with van der Waals surface area (Å²) >= 11 is 0. The van der Waals surface area contributed by atoms with Crippen molar-refractivity contribution in [1.82, 2.24) is 4.57 Å². The third-order valence-electron chi connectivity index (χ3n) is 3.64. The summed E-state index contributed by atoms with van der Waals surface area (Å²) in [6.45, 7) is 1.97. The molecule has 0 aliphatic heterocycles. The number of amides is 1. The first-order chi connectivity index (χ1) is 10.1. The van der Waals surface area contributed by atoms with Crippen LogP contribution in [0, 0.1) is 6.92 Å². The summed E-state index contributed by atoms with van der Waals surface area (Å²) in [6.07, 6.45) is 5.95. The second-order valence-corrected chi connectivity index (χ2v) is 5.28. The van der Waals surface area contributed by atoms with Crippen molar-refractivity contribution in [3.8, 4) is 0 Å². The Labute approximate surface area is 122 Å². The van der Waals surface area contributed by atoms with Crippen LogP contribution in [0.25, 0.3) is 6.08 Å². The highest BCUT2D eigenvalue weighted by atomic mass is 16.2. The van der Waals surface area contributed by atoms with Gasteiger partial charge >= 0.3 is 0 Å². The Balaban J connectivity index is 1.99. The molecule has 1 N–H and O–H groups in total. The van der Waals surface area contributed by atoms with E-state index < -0.39 is 0 Å². The van der Waals surface area contributed by atoms with Crippen molar-refractivity contribution in [1.29, 1.82) is 0 Å². The molecule has 1 aromatic carbocycles. The third kappa shape index (κ3) is 2.40. The number of fused-ring (bicyclic) bond motifs is 1. The molecule has 0 bridgehead atoms. The van der Waals surface area contributed by atoms with Gasteiger partial charge in [-0.05, 0) is 36.6 Å². The minimum atomic E-state index is -0.195. The third-order valence-corrected chi connectivity index (χ3v) is 3.64. The van der Waals surface area contributed by atoms with Gasteiger partial charge in [0.25, 0.3) is 11.5 Å². The Kier molecular flexibility index (Phi) is 3.22. The molecule has 0 saturated carbocycles. The molecule has 0 fully saturated rings. The lowest BCUT2D eigenvalue weighted by molar-refractivity contribution is 0.102. The topological polar surface area (TPSA) is 51.1 Å². The van der Waals surface area contributed by atoms with E-state index in [1.165, 1.54) is 4.57 Å². The molecule has 0 radical (unpaired) electrons. The molecule has 0 spiro atoms.